The molecule has 2 heterocycles. The van der Waals surface area contributed by atoms with Crippen LogP contribution in [-0.2, 0) is 4.79 Å². The second-order valence-corrected chi connectivity index (χ2v) is 6.81. The van der Waals surface area contributed by atoms with Gasteiger partial charge in [0.25, 0.3) is 0 Å². The van der Waals surface area contributed by atoms with Crippen molar-refractivity contribution >= 4 is 29.0 Å². The van der Waals surface area contributed by atoms with E-state index in [9.17, 15) is 4.79 Å². The van der Waals surface area contributed by atoms with Crippen LogP contribution in [0.15, 0.2) is 11.4 Å². The summed E-state index contributed by atoms with van der Waals surface area (Å²) < 4.78 is 0. The molecule has 0 bridgehead atoms. The second kappa shape index (κ2) is 4.41. The molecule has 4 heteroatoms. The number of thiophene rings is 1. The largest absolute Gasteiger partial charge is 0.322 e. The summed E-state index contributed by atoms with van der Waals surface area (Å²) in [5.74, 6) is 0.276. The van der Waals surface area contributed by atoms with Crippen molar-refractivity contribution in [2.24, 2.45) is 0 Å². The number of rotatable bonds is 2. The summed E-state index contributed by atoms with van der Waals surface area (Å²) >= 11 is 3.53. The van der Waals surface area contributed by atoms with Crippen LogP contribution >= 0.6 is 23.1 Å². The topological polar surface area (TPSA) is 20.3 Å². The smallest absolute Gasteiger partial charge is 0.236 e. The highest BCUT2D eigenvalue weighted by atomic mass is 32.2. The van der Waals surface area contributed by atoms with Crippen LogP contribution in [0.1, 0.15) is 36.6 Å². The lowest BCUT2D eigenvalue weighted by atomic mass is 10.2. The summed E-state index contributed by atoms with van der Waals surface area (Å²) in [6.45, 7) is 8.31. The Morgan fingerprint density at radius 2 is 2.12 bits per heavy atom. The van der Waals surface area contributed by atoms with E-state index < -0.39 is 0 Å². The fourth-order valence-electron chi connectivity index (χ4n) is 1.99. The Kier molecular flexibility index (Phi) is 3.31. The maximum Gasteiger partial charge on any atom is 0.236 e. The summed E-state index contributed by atoms with van der Waals surface area (Å²) in [5.41, 5.74) is 1.30. The first-order valence-electron chi connectivity index (χ1n) is 5.54. The normalized spacial score (nSPS) is 25.8. The van der Waals surface area contributed by atoms with Gasteiger partial charge >= 0.3 is 0 Å². The van der Waals surface area contributed by atoms with Gasteiger partial charge in [0.1, 0.15) is 5.37 Å². The minimum absolute atomic E-state index is 0.0916. The number of hydrogen-bond donors (Lipinski definition) is 0. The van der Waals surface area contributed by atoms with Crippen LogP contribution in [-0.4, -0.2) is 22.1 Å². The van der Waals surface area contributed by atoms with Crippen LogP contribution in [0.4, 0.5) is 0 Å². The minimum atomic E-state index is 0.0916. The van der Waals surface area contributed by atoms with Gasteiger partial charge in [0.2, 0.25) is 5.91 Å². The van der Waals surface area contributed by atoms with Gasteiger partial charge in [0, 0.05) is 10.9 Å². The molecule has 0 unspecified atom stereocenters. The quantitative estimate of drug-likeness (QED) is 0.807. The molecule has 2 nitrogen and oxygen atoms in total. The maximum atomic E-state index is 12.1. The number of thioether (sulfide) groups is 1. The van der Waals surface area contributed by atoms with Crippen molar-refractivity contribution in [1.82, 2.24) is 4.90 Å². The van der Waals surface area contributed by atoms with Gasteiger partial charge in [-0.05, 0) is 44.7 Å². The third-order valence-corrected chi connectivity index (χ3v) is 5.42. The number of hydrogen-bond acceptors (Lipinski definition) is 3. The molecular weight excluding hydrogens is 238 g/mol. The number of aryl methyl sites for hydroxylation is 1. The van der Waals surface area contributed by atoms with Crippen LogP contribution in [0.2, 0.25) is 0 Å². The van der Waals surface area contributed by atoms with E-state index in [-0.39, 0.29) is 22.6 Å². The molecule has 0 radical (unpaired) electrons. The Bertz CT molecular complexity index is 399. The van der Waals surface area contributed by atoms with Gasteiger partial charge in [0.15, 0.2) is 0 Å². The Labute approximate surface area is 105 Å². The fourth-order valence-corrected chi connectivity index (χ4v) is 4.64. The molecule has 1 fully saturated rings. The summed E-state index contributed by atoms with van der Waals surface area (Å²) in [6, 6.07) is 2.41. The second-order valence-electron chi connectivity index (χ2n) is 4.44. The zero-order valence-electron chi connectivity index (χ0n) is 10.1. The van der Waals surface area contributed by atoms with Gasteiger partial charge in [-0.15, -0.1) is 23.1 Å². The first-order valence-corrected chi connectivity index (χ1v) is 7.36. The van der Waals surface area contributed by atoms with Crippen LogP contribution in [0.3, 0.4) is 0 Å². The van der Waals surface area contributed by atoms with Crippen LogP contribution < -0.4 is 0 Å². The van der Waals surface area contributed by atoms with Gasteiger partial charge in [0.05, 0.1) is 5.25 Å². The molecule has 0 spiro atoms. The van der Waals surface area contributed by atoms with E-state index in [1.165, 1.54) is 10.4 Å². The average molecular weight is 255 g/mol. The Morgan fingerprint density at radius 1 is 1.44 bits per heavy atom. The zero-order chi connectivity index (χ0) is 11.9. The van der Waals surface area contributed by atoms with Crippen LogP contribution in [0, 0.1) is 6.92 Å². The minimum Gasteiger partial charge on any atom is -0.322 e. The van der Waals surface area contributed by atoms with Crippen molar-refractivity contribution < 1.29 is 4.79 Å². The highest BCUT2D eigenvalue weighted by molar-refractivity contribution is 8.01. The highest BCUT2D eigenvalue weighted by Crippen LogP contribution is 2.46. The number of carbonyl (C=O) groups excluding carboxylic acids is 1. The third kappa shape index (κ3) is 1.89. The predicted molar refractivity (Wildman–Crippen MR) is 70.8 cm³/mol. The lowest BCUT2D eigenvalue weighted by molar-refractivity contribution is -0.131. The maximum absolute atomic E-state index is 12.1. The molecule has 0 saturated carbocycles. The summed E-state index contributed by atoms with van der Waals surface area (Å²) in [5, 5.41) is 2.42. The summed E-state index contributed by atoms with van der Waals surface area (Å²) in [7, 11) is 0. The zero-order valence-corrected chi connectivity index (χ0v) is 11.7. The van der Waals surface area contributed by atoms with Crippen molar-refractivity contribution in [3.63, 3.8) is 0 Å². The lowest BCUT2D eigenvalue weighted by Gasteiger charge is -2.27. The molecular formula is C12H17NOS2. The summed E-state index contributed by atoms with van der Waals surface area (Å²) in [6.07, 6.45) is 0. The molecule has 2 atom stereocenters. The van der Waals surface area contributed by atoms with Crippen LogP contribution in [0.25, 0.3) is 0 Å². The van der Waals surface area contributed by atoms with E-state index >= 15 is 0 Å². The standard InChI is InChI=1S/C12H17NOS2/c1-7(2)13-11(14)9(4)16-12(13)10-8(3)5-6-15-10/h5-7,9,12H,1-4H3/t9-,12+/m1/s1. The first kappa shape index (κ1) is 12.0. The van der Waals surface area contributed by atoms with Crippen molar-refractivity contribution in [2.75, 3.05) is 0 Å². The first-order chi connectivity index (χ1) is 7.52. The van der Waals surface area contributed by atoms with E-state index in [0.717, 1.165) is 0 Å². The molecule has 0 aromatic carbocycles. The van der Waals surface area contributed by atoms with Gasteiger partial charge < -0.3 is 4.90 Å². The van der Waals surface area contributed by atoms with E-state index in [1.54, 1.807) is 23.1 Å². The molecule has 1 aliphatic rings. The molecule has 0 N–H and O–H groups in total. The van der Waals surface area contributed by atoms with Gasteiger partial charge in [-0.3, -0.25) is 4.79 Å². The molecule has 16 heavy (non-hydrogen) atoms. The SMILES string of the molecule is Cc1ccsc1[C@@H]1S[C@H](C)C(=O)N1C(C)C. The van der Waals surface area contributed by atoms with Gasteiger partial charge in [-0.1, -0.05) is 0 Å². The Morgan fingerprint density at radius 3 is 2.62 bits per heavy atom. The van der Waals surface area contributed by atoms with Gasteiger partial charge in [-0.2, -0.15) is 0 Å². The van der Waals surface area contributed by atoms with Crippen molar-refractivity contribution in [3.8, 4) is 0 Å². The van der Waals surface area contributed by atoms with Crippen LogP contribution in [0.5, 0.6) is 0 Å². The van der Waals surface area contributed by atoms with Crippen molar-refractivity contribution in [2.45, 2.75) is 44.4 Å². The predicted octanol–water partition coefficient (Wildman–Crippen LogP) is 3.43. The number of carbonyl (C=O) groups is 1. The summed E-state index contributed by atoms with van der Waals surface area (Å²) in [4.78, 5) is 15.4. The molecule has 1 aromatic heterocycles. The van der Waals surface area contributed by atoms with E-state index in [1.807, 2.05) is 11.8 Å². The van der Waals surface area contributed by atoms with Crippen molar-refractivity contribution in [3.05, 3.63) is 21.9 Å². The number of nitrogens with zero attached hydrogens (tertiary/aromatic N) is 1. The molecule has 1 amide bonds. The third-order valence-electron chi connectivity index (χ3n) is 2.87. The molecule has 0 aliphatic carbocycles. The molecule has 88 valence electrons. The van der Waals surface area contributed by atoms with E-state index in [4.69, 9.17) is 0 Å². The highest BCUT2D eigenvalue weighted by Gasteiger charge is 2.40. The Hall–Kier alpha value is -0.480. The van der Waals surface area contributed by atoms with E-state index in [0.29, 0.717) is 0 Å². The van der Waals surface area contributed by atoms with Gasteiger partial charge in [-0.25, -0.2) is 0 Å². The molecule has 1 aromatic rings. The average Bonchev–Trinajstić information content (AvgIpc) is 2.72. The molecule has 1 saturated heterocycles. The molecule has 1 aliphatic heterocycles. The molecule has 2 rings (SSSR count). The van der Waals surface area contributed by atoms with Crippen molar-refractivity contribution in [1.29, 1.82) is 0 Å². The van der Waals surface area contributed by atoms with E-state index in [2.05, 4.69) is 32.2 Å². The Balaban J connectivity index is 2.34. The number of amides is 1. The monoisotopic (exact) mass is 255 g/mol. The lowest BCUT2D eigenvalue weighted by Crippen LogP contribution is -2.35. The fraction of sp³-hybridized carbons (Fsp3) is 0.583.